The summed E-state index contributed by atoms with van der Waals surface area (Å²) >= 11 is 0. The zero-order valence-electron chi connectivity index (χ0n) is 15.8. The van der Waals surface area contributed by atoms with E-state index in [1.54, 1.807) is 16.8 Å². The number of hydrogen-bond donors (Lipinski definition) is 1. The van der Waals surface area contributed by atoms with Gasteiger partial charge in [0.25, 0.3) is 0 Å². The van der Waals surface area contributed by atoms with Crippen LogP contribution in [0.5, 0.6) is 0 Å². The lowest BCUT2D eigenvalue weighted by Crippen LogP contribution is -2.55. The van der Waals surface area contributed by atoms with Crippen LogP contribution in [0.1, 0.15) is 37.7 Å². The highest BCUT2D eigenvalue weighted by Crippen LogP contribution is 2.28. The monoisotopic (exact) mass is 372 g/mol. The second-order valence-corrected chi connectivity index (χ2v) is 7.85. The van der Waals surface area contributed by atoms with Gasteiger partial charge in [0.05, 0.1) is 11.9 Å². The van der Waals surface area contributed by atoms with Crippen LogP contribution in [-0.2, 0) is 6.54 Å². The third-order valence-corrected chi connectivity index (χ3v) is 6.00. The van der Waals surface area contributed by atoms with Gasteiger partial charge in [-0.15, -0.1) is 0 Å². The van der Waals surface area contributed by atoms with Crippen molar-refractivity contribution in [2.24, 2.45) is 0 Å². The first-order valence-electron chi connectivity index (χ1n) is 10.1. The molecule has 1 atom stereocenters. The third kappa shape index (κ3) is 4.39. The van der Waals surface area contributed by atoms with Gasteiger partial charge in [-0.05, 0) is 43.5 Å². The minimum Gasteiger partial charge on any atom is -0.396 e. The van der Waals surface area contributed by atoms with E-state index >= 15 is 0 Å². The van der Waals surface area contributed by atoms with Crippen molar-refractivity contribution in [2.75, 3.05) is 26.2 Å². The van der Waals surface area contributed by atoms with Gasteiger partial charge < -0.3 is 5.11 Å². The van der Waals surface area contributed by atoms with E-state index < -0.39 is 0 Å². The number of hydrogen-bond acceptors (Lipinski definition) is 4. The van der Waals surface area contributed by atoms with Crippen LogP contribution in [0.4, 0.5) is 4.39 Å². The van der Waals surface area contributed by atoms with Gasteiger partial charge in [0.2, 0.25) is 0 Å². The zero-order chi connectivity index (χ0) is 18.6. The highest BCUT2D eigenvalue weighted by atomic mass is 19.1. The Morgan fingerprint density at radius 2 is 1.89 bits per heavy atom. The van der Waals surface area contributed by atoms with Crippen molar-refractivity contribution < 1.29 is 9.50 Å². The fraction of sp³-hybridized carbons (Fsp3) is 0.571. The highest BCUT2D eigenvalue weighted by molar-refractivity contribution is 5.31. The second kappa shape index (κ2) is 8.50. The molecule has 1 aliphatic carbocycles. The predicted molar refractivity (Wildman–Crippen MR) is 103 cm³/mol. The Hall–Kier alpha value is -1.76. The molecule has 1 unspecified atom stereocenters. The van der Waals surface area contributed by atoms with E-state index in [0.717, 1.165) is 43.9 Å². The Morgan fingerprint density at radius 3 is 2.63 bits per heavy atom. The maximum absolute atomic E-state index is 13.1. The first-order valence-corrected chi connectivity index (χ1v) is 10.1. The smallest absolute Gasteiger partial charge is 0.123 e. The molecule has 0 spiro atoms. The quantitative estimate of drug-likeness (QED) is 0.847. The first kappa shape index (κ1) is 18.6. The highest BCUT2D eigenvalue weighted by Gasteiger charge is 2.32. The summed E-state index contributed by atoms with van der Waals surface area (Å²) in [6.45, 7) is 4.26. The van der Waals surface area contributed by atoms with Crippen LogP contribution in [0.2, 0.25) is 0 Å². The Morgan fingerprint density at radius 1 is 1.11 bits per heavy atom. The number of nitrogens with zero attached hydrogens (tertiary/aromatic N) is 4. The molecule has 27 heavy (non-hydrogen) atoms. The maximum atomic E-state index is 13.1. The normalized spacial score (nSPS) is 22.5. The molecule has 0 radical (unpaired) electrons. The van der Waals surface area contributed by atoms with Gasteiger partial charge in [0, 0.05) is 56.6 Å². The number of aromatic nitrogens is 2. The van der Waals surface area contributed by atoms with E-state index in [2.05, 4.69) is 14.9 Å². The first-order chi connectivity index (χ1) is 13.2. The average molecular weight is 372 g/mol. The molecule has 1 saturated carbocycles. The molecule has 1 saturated heterocycles. The van der Waals surface area contributed by atoms with E-state index in [4.69, 9.17) is 0 Å². The minimum atomic E-state index is -0.235. The summed E-state index contributed by atoms with van der Waals surface area (Å²) in [7, 11) is 0. The largest absolute Gasteiger partial charge is 0.396 e. The summed E-state index contributed by atoms with van der Waals surface area (Å²) in [6, 6.07) is 7.55. The van der Waals surface area contributed by atoms with E-state index in [9.17, 15) is 9.50 Å². The second-order valence-electron chi connectivity index (χ2n) is 7.85. The van der Waals surface area contributed by atoms with Gasteiger partial charge >= 0.3 is 0 Å². The summed E-state index contributed by atoms with van der Waals surface area (Å²) in [6.07, 6.45) is 10.1. The molecule has 6 heteroatoms. The van der Waals surface area contributed by atoms with Crippen LogP contribution in [0.3, 0.4) is 0 Å². The van der Waals surface area contributed by atoms with Gasteiger partial charge in [-0.1, -0.05) is 12.8 Å². The standard InChI is InChI=1S/C21H29FN4O/c22-18-5-7-20(8-6-18)26-15-17(13-23-26)14-24-10-11-25(19-3-1-2-4-19)21(16-24)9-12-27/h5-8,13,15,19,21,27H,1-4,9-12,14,16H2. The van der Waals surface area contributed by atoms with Gasteiger partial charge in [-0.3, -0.25) is 9.80 Å². The number of piperazine rings is 1. The van der Waals surface area contributed by atoms with Crippen LogP contribution in [0, 0.1) is 5.82 Å². The molecule has 5 nitrogen and oxygen atoms in total. The molecule has 0 amide bonds. The van der Waals surface area contributed by atoms with E-state index in [0.29, 0.717) is 12.1 Å². The van der Waals surface area contributed by atoms with Crippen molar-refractivity contribution in [2.45, 2.75) is 50.7 Å². The average Bonchev–Trinajstić information content (AvgIpc) is 3.35. The summed E-state index contributed by atoms with van der Waals surface area (Å²) in [4.78, 5) is 5.12. The van der Waals surface area contributed by atoms with Crippen LogP contribution in [-0.4, -0.2) is 63.0 Å². The van der Waals surface area contributed by atoms with Crippen molar-refractivity contribution in [3.05, 3.63) is 48.0 Å². The number of halogens is 1. The Kier molecular flexibility index (Phi) is 5.86. The van der Waals surface area contributed by atoms with Gasteiger partial charge in [-0.2, -0.15) is 5.10 Å². The van der Waals surface area contributed by atoms with E-state index in [1.165, 1.54) is 37.8 Å². The molecule has 1 N–H and O–H groups in total. The molecule has 1 aromatic carbocycles. The molecule has 4 rings (SSSR count). The SMILES string of the molecule is OCCC1CN(Cc2cnn(-c3ccc(F)cc3)c2)CCN1C1CCCC1. The van der Waals surface area contributed by atoms with Crippen LogP contribution >= 0.6 is 0 Å². The van der Waals surface area contributed by atoms with Crippen molar-refractivity contribution in [1.29, 1.82) is 0 Å². The molecule has 1 aliphatic heterocycles. The number of rotatable bonds is 6. The summed E-state index contributed by atoms with van der Waals surface area (Å²) in [5.41, 5.74) is 2.03. The molecule has 0 bridgehead atoms. The molecule has 2 fully saturated rings. The third-order valence-electron chi connectivity index (χ3n) is 6.00. The Bertz CT molecular complexity index is 726. The van der Waals surface area contributed by atoms with Gasteiger partial charge in [-0.25, -0.2) is 9.07 Å². The molecular weight excluding hydrogens is 343 g/mol. The number of aliphatic hydroxyl groups is 1. The fourth-order valence-electron chi connectivity index (χ4n) is 4.64. The minimum absolute atomic E-state index is 0.235. The Balaban J connectivity index is 1.39. The zero-order valence-corrected chi connectivity index (χ0v) is 15.8. The summed E-state index contributed by atoms with van der Waals surface area (Å²) < 4.78 is 14.9. The lowest BCUT2D eigenvalue weighted by Gasteiger charge is -2.44. The molecule has 2 aromatic rings. The van der Waals surface area contributed by atoms with Gasteiger partial charge in [0.1, 0.15) is 5.82 Å². The van der Waals surface area contributed by atoms with Crippen molar-refractivity contribution >= 4 is 0 Å². The van der Waals surface area contributed by atoms with Crippen molar-refractivity contribution in [3.63, 3.8) is 0 Å². The van der Waals surface area contributed by atoms with Crippen LogP contribution < -0.4 is 0 Å². The van der Waals surface area contributed by atoms with Crippen molar-refractivity contribution in [1.82, 2.24) is 19.6 Å². The molecule has 2 heterocycles. The summed E-state index contributed by atoms with van der Waals surface area (Å²) in [5.74, 6) is -0.235. The lowest BCUT2D eigenvalue weighted by atomic mass is 10.0. The van der Waals surface area contributed by atoms with Crippen LogP contribution in [0.25, 0.3) is 5.69 Å². The molecular formula is C21H29FN4O. The van der Waals surface area contributed by atoms with Crippen LogP contribution in [0.15, 0.2) is 36.7 Å². The van der Waals surface area contributed by atoms with E-state index in [-0.39, 0.29) is 12.4 Å². The lowest BCUT2D eigenvalue weighted by molar-refractivity contribution is 0.0267. The number of aliphatic hydroxyl groups excluding tert-OH is 1. The molecule has 2 aliphatic rings. The predicted octanol–water partition coefficient (Wildman–Crippen LogP) is 2.82. The Labute approximate surface area is 160 Å². The van der Waals surface area contributed by atoms with E-state index in [1.807, 2.05) is 12.4 Å². The molecule has 146 valence electrons. The van der Waals surface area contributed by atoms with Crippen molar-refractivity contribution in [3.8, 4) is 5.69 Å². The number of benzene rings is 1. The van der Waals surface area contributed by atoms with Gasteiger partial charge in [0.15, 0.2) is 0 Å². The topological polar surface area (TPSA) is 44.5 Å². The maximum Gasteiger partial charge on any atom is 0.123 e. The molecule has 1 aromatic heterocycles. The fourth-order valence-corrected chi connectivity index (χ4v) is 4.64. The summed E-state index contributed by atoms with van der Waals surface area (Å²) in [5, 5.41) is 14.0.